The van der Waals surface area contributed by atoms with E-state index < -0.39 is 0 Å². The second kappa shape index (κ2) is 9.39. The molecule has 1 unspecified atom stereocenters. The average Bonchev–Trinajstić information content (AvgIpc) is 2.80. The summed E-state index contributed by atoms with van der Waals surface area (Å²) < 4.78 is 13.2. The second-order valence-corrected chi connectivity index (χ2v) is 7.61. The van der Waals surface area contributed by atoms with Gasteiger partial charge in [-0.3, -0.25) is 4.79 Å². The van der Waals surface area contributed by atoms with E-state index in [2.05, 4.69) is 20.6 Å². The van der Waals surface area contributed by atoms with E-state index in [9.17, 15) is 9.18 Å². The number of aromatic nitrogens is 2. The molecular weight excluding hydrogens is 403 g/mol. The monoisotopic (exact) mass is 426 g/mol. The largest absolute Gasteiger partial charge is 0.346 e. The molecule has 160 valence electrons. The van der Waals surface area contributed by atoms with Gasteiger partial charge in [-0.1, -0.05) is 35.9 Å². The number of amides is 1. The van der Waals surface area contributed by atoms with E-state index in [1.54, 1.807) is 30.3 Å². The van der Waals surface area contributed by atoms with Gasteiger partial charge in [0.05, 0.1) is 11.7 Å². The summed E-state index contributed by atoms with van der Waals surface area (Å²) >= 11 is 0. The number of nitrogens with zero attached hydrogens (tertiary/aromatic N) is 2. The van der Waals surface area contributed by atoms with Crippen LogP contribution < -0.4 is 10.6 Å². The molecule has 0 saturated carbocycles. The first-order chi connectivity index (χ1) is 15.5. The molecule has 0 spiro atoms. The van der Waals surface area contributed by atoms with Crippen LogP contribution in [0.5, 0.6) is 0 Å². The van der Waals surface area contributed by atoms with Crippen LogP contribution in [-0.2, 0) is 0 Å². The van der Waals surface area contributed by atoms with E-state index in [4.69, 9.17) is 0 Å². The van der Waals surface area contributed by atoms with Crippen molar-refractivity contribution in [3.63, 3.8) is 0 Å². The summed E-state index contributed by atoms with van der Waals surface area (Å²) in [6, 6.07) is 23.1. The fraction of sp³-hybridized carbons (Fsp3) is 0.115. The molecule has 0 aliphatic heterocycles. The Kier molecular flexibility index (Phi) is 6.22. The number of carbonyl (C=O) groups is 1. The van der Waals surface area contributed by atoms with Crippen molar-refractivity contribution in [2.24, 2.45) is 0 Å². The van der Waals surface area contributed by atoms with E-state index in [-0.39, 0.29) is 17.8 Å². The molecule has 4 rings (SSSR count). The summed E-state index contributed by atoms with van der Waals surface area (Å²) in [6.07, 6.45) is 1.45. The van der Waals surface area contributed by atoms with Crippen LogP contribution in [0, 0.1) is 12.7 Å². The lowest BCUT2D eigenvalue weighted by atomic mass is 10.1. The lowest BCUT2D eigenvalue weighted by molar-refractivity contribution is 0.0940. The zero-order valence-electron chi connectivity index (χ0n) is 17.8. The highest BCUT2D eigenvalue weighted by Crippen LogP contribution is 2.22. The summed E-state index contributed by atoms with van der Waals surface area (Å²) in [5.74, 6) is 0.120. The van der Waals surface area contributed by atoms with Crippen molar-refractivity contribution in [1.82, 2.24) is 15.3 Å². The molecule has 0 fully saturated rings. The highest BCUT2D eigenvalue weighted by molar-refractivity contribution is 5.95. The fourth-order valence-corrected chi connectivity index (χ4v) is 3.31. The molecule has 0 aliphatic carbocycles. The van der Waals surface area contributed by atoms with Gasteiger partial charge in [-0.2, -0.15) is 0 Å². The number of nitrogens with one attached hydrogen (secondary N) is 2. The number of hydrogen-bond donors (Lipinski definition) is 2. The molecule has 2 N–H and O–H groups in total. The molecule has 4 aromatic rings. The first kappa shape index (κ1) is 21.2. The molecule has 0 saturated heterocycles. The summed E-state index contributed by atoms with van der Waals surface area (Å²) in [4.78, 5) is 21.3. The lowest BCUT2D eigenvalue weighted by Gasteiger charge is -2.15. The van der Waals surface area contributed by atoms with Crippen LogP contribution in [0.15, 0.2) is 85.2 Å². The molecule has 1 amide bonds. The van der Waals surface area contributed by atoms with Crippen molar-refractivity contribution in [2.45, 2.75) is 19.9 Å². The van der Waals surface area contributed by atoms with Gasteiger partial charge in [0.2, 0.25) is 0 Å². The molecule has 6 heteroatoms. The third-order valence-electron chi connectivity index (χ3n) is 5.13. The third-order valence-corrected chi connectivity index (χ3v) is 5.13. The molecular formula is C26H23FN4O. The first-order valence-electron chi connectivity index (χ1n) is 10.3. The predicted molar refractivity (Wildman–Crippen MR) is 124 cm³/mol. The minimum Gasteiger partial charge on any atom is -0.346 e. The zero-order chi connectivity index (χ0) is 22.5. The molecule has 0 bridgehead atoms. The van der Waals surface area contributed by atoms with Crippen LogP contribution in [-0.4, -0.2) is 15.9 Å². The highest BCUT2D eigenvalue weighted by Gasteiger charge is 2.12. The third kappa shape index (κ3) is 5.16. The Hall–Kier alpha value is -4.06. The molecule has 32 heavy (non-hydrogen) atoms. The molecule has 1 atom stereocenters. The Labute approximate surface area is 186 Å². The van der Waals surface area contributed by atoms with Crippen LogP contribution in [0.4, 0.5) is 15.9 Å². The van der Waals surface area contributed by atoms with Gasteiger partial charge in [-0.05, 0) is 61.9 Å². The van der Waals surface area contributed by atoms with E-state index in [1.165, 1.54) is 24.0 Å². The van der Waals surface area contributed by atoms with Crippen LogP contribution in [0.1, 0.15) is 34.5 Å². The molecule has 1 aromatic heterocycles. The first-order valence-corrected chi connectivity index (χ1v) is 10.3. The van der Waals surface area contributed by atoms with Crippen molar-refractivity contribution < 1.29 is 9.18 Å². The highest BCUT2D eigenvalue weighted by atomic mass is 19.1. The minimum absolute atomic E-state index is 0.111. The SMILES string of the molecule is Cc1ccc(C(C)NC(=O)c2cccc(Nc3cc(-c4ccc(F)cc4)ncn3)c2)cc1. The quantitative estimate of drug-likeness (QED) is 0.407. The molecule has 5 nitrogen and oxygen atoms in total. The van der Waals surface area contributed by atoms with E-state index >= 15 is 0 Å². The maximum absolute atomic E-state index is 13.2. The number of carbonyl (C=O) groups excluding carboxylic acids is 1. The number of halogens is 1. The van der Waals surface area contributed by atoms with Gasteiger partial charge in [0, 0.05) is 22.9 Å². The van der Waals surface area contributed by atoms with E-state index in [0.717, 1.165) is 16.8 Å². The fourth-order valence-electron chi connectivity index (χ4n) is 3.31. The Morgan fingerprint density at radius 1 is 0.938 bits per heavy atom. The molecule has 0 radical (unpaired) electrons. The number of rotatable bonds is 6. The Morgan fingerprint density at radius 2 is 1.69 bits per heavy atom. The van der Waals surface area contributed by atoms with Crippen LogP contribution in [0.2, 0.25) is 0 Å². The smallest absolute Gasteiger partial charge is 0.251 e. The van der Waals surface area contributed by atoms with Crippen molar-refractivity contribution >= 4 is 17.4 Å². The van der Waals surface area contributed by atoms with Gasteiger partial charge in [0.15, 0.2) is 0 Å². The van der Waals surface area contributed by atoms with Crippen LogP contribution in [0.25, 0.3) is 11.3 Å². The molecule has 1 heterocycles. The van der Waals surface area contributed by atoms with Gasteiger partial charge in [-0.25, -0.2) is 14.4 Å². The number of hydrogen-bond acceptors (Lipinski definition) is 4. The van der Waals surface area contributed by atoms with Crippen molar-refractivity contribution in [3.05, 3.63) is 108 Å². The van der Waals surface area contributed by atoms with Gasteiger partial charge >= 0.3 is 0 Å². The van der Waals surface area contributed by atoms with Gasteiger partial charge in [-0.15, -0.1) is 0 Å². The normalized spacial score (nSPS) is 11.6. The standard InChI is InChI=1S/C26H23FN4O/c1-17-6-8-19(9-7-17)18(2)30-26(32)21-4-3-5-23(14-21)31-25-15-24(28-16-29-25)20-10-12-22(27)13-11-20/h3-16,18H,1-2H3,(H,30,32)(H,28,29,31). The van der Waals surface area contributed by atoms with Crippen molar-refractivity contribution in [3.8, 4) is 11.3 Å². The Bertz CT molecular complexity index is 1220. The van der Waals surface area contributed by atoms with Crippen LogP contribution in [0.3, 0.4) is 0 Å². The second-order valence-electron chi connectivity index (χ2n) is 7.61. The predicted octanol–water partition coefficient (Wildman–Crippen LogP) is 5.83. The van der Waals surface area contributed by atoms with E-state index in [1.807, 2.05) is 50.2 Å². The number of aryl methyl sites for hydroxylation is 1. The zero-order valence-corrected chi connectivity index (χ0v) is 17.8. The summed E-state index contributed by atoms with van der Waals surface area (Å²) in [5, 5.41) is 6.24. The topological polar surface area (TPSA) is 66.9 Å². The summed E-state index contributed by atoms with van der Waals surface area (Å²) in [7, 11) is 0. The summed E-state index contributed by atoms with van der Waals surface area (Å²) in [5.41, 5.74) is 4.95. The van der Waals surface area contributed by atoms with E-state index in [0.29, 0.717) is 17.1 Å². The molecule has 0 aliphatic rings. The number of benzene rings is 3. The maximum atomic E-state index is 13.2. The number of anilines is 2. The summed E-state index contributed by atoms with van der Waals surface area (Å²) in [6.45, 7) is 3.99. The maximum Gasteiger partial charge on any atom is 0.251 e. The van der Waals surface area contributed by atoms with Crippen LogP contribution >= 0.6 is 0 Å². The Morgan fingerprint density at radius 3 is 2.44 bits per heavy atom. The van der Waals surface area contributed by atoms with Gasteiger partial charge in [0.25, 0.3) is 5.91 Å². The lowest BCUT2D eigenvalue weighted by Crippen LogP contribution is -2.26. The van der Waals surface area contributed by atoms with Gasteiger partial charge < -0.3 is 10.6 Å². The Balaban J connectivity index is 1.47. The minimum atomic E-state index is -0.298. The molecule has 3 aromatic carbocycles. The van der Waals surface area contributed by atoms with Crippen molar-refractivity contribution in [2.75, 3.05) is 5.32 Å². The van der Waals surface area contributed by atoms with Crippen molar-refractivity contribution in [1.29, 1.82) is 0 Å². The van der Waals surface area contributed by atoms with Gasteiger partial charge in [0.1, 0.15) is 18.0 Å². The average molecular weight is 426 g/mol.